The smallest absolute Gasteiger partial charge is 0.274 e. The zero-order valence-electron chi connectivity index (χ0n) is 13.3. The van der Waals surface area contributed by atoms with Crippen LogP contribution in [-0.2, 0) is 0 Å². The highest BCUT2D eigenvalue weighted by atomic mass is 19.1. The van der Waals surface area contributed by atoms with Crippen molar-refractivity contribution in [2.45, 2.75) is 19.8 Å². The summed E-state index contributed by atoms with van der Waals surface area (Å²) in [5, 5.41) is 10.5. The summed E-state index contributed by atoms with van der Waals surface area (Å²) in [5.41, 5.74) is 0.351. The van der Waals surface area contributed by atoms with Crippen molar-refractivity contribution in [1.29, 1.82) is 0 Å². The van der Waals surface area contributed by atoms with Gasteiger partial charge in [0.2, 0.25) is 0 Å². The minimum atomic E-state index is -0.723. The molecule has 0 radical (unpaired) electrons. The van der Waals surface area contributed by atoms with Gasteiger partial charge in [0.15, 0.2) is 11.5 Å². The number of hydrogen-bond acceptors (Lipinski definition) is 4. The van der Waals surface area contributed by atoms with E-state index in [0.717, 1.165) is 38.1 Å². The van der Waals surface area contributed by atoms with E-state index >= 15 is 0 Å². The van der Waals surface area contributed by atoms with Crippen molar-refractivity contribution in [3.8, 4) is 0 Å². The second-order valence-electron chi connectivity index (χ2n) is 6.03. The molecule has 1 amide bonds. The molecule has 0 aliphatic carbocycles. The maximum absolute atomic E-state index is 13.6. The van der Waals surface area contributed by atoms with E-state index in [1.54, 1.807) is 17.0 Å². The predicted molar refractivity (Wildman–Crippen MR) is 86.0 cm³/mol. The van der Waals surface area contributed by atoms with E-state index in [1.165, 1.54) is 6.07 Å². The molecule has 0 spiro atoms. The fraction of sp³-hybridized carbons (Fsp3) is 0.353. The molecule has 7 heteroatoms. The van der Waals surface area contributed by atoms with Crippen molar-refractivity contribution in [2.75, 3.05) is 18.4 Å². The van der Waals surface area contributed by atoms with Gasteiger partial charge in [0.05, 0.1) is 5.69 Å². The van der Waals surface area contributed by atoms with Gasteiger partial charge in [-0.2, -0.15) is 0 Å². The van der Waals surface area contributed by atoms with Crippen molar-refractivity contribution in [2.24, 2.45) is 5.92 Å². The molecule has 0 bridgehead atoms. The van der Waals surface area contributed by atoms with Crippen molar-refractivity contribution < 1.29 is 13.6 Å². The van der Waals surface area contributed by atoms with Gasteiger partial charge in [-0.15, -0.1) is 10.2 Å². The third-order valence-corrected chi connectivity index (χ3v) is 4.15. The number of likely N-dealkylation sites (tertiary alicyclic amines) is 1. The number of nitrogens with zero attached hydrogens (tertiary/aromatic N) is 3. The lowest BCUT2D eigenvalue weighted by Crippen LogP contribution is -2.38. The molecule has 1 saturated heterocycles. The van der Waals surface area contributed by atoms with Crippen LogP contribution in [0.15, 0.2) is 30.3 Å². The number of aromatic nitrogens is 2. The summed E-state index contributed by atoms with van der Waals surface area (Å²) < 4.78 is 26.5. The van der Waals surface area contributed by atoms with Crippen molar-refractivity contribution >= 4 is 17.4 Å². The van der Waals surface area contributed by atoms with E-state index in [9.17, 15) is 13.6 Å². The van der Waals surface area contributed by atoms with Gasteiger partial charge in [0, 0.05) is 19.2 Å². The van der Waals surface area contributed by atoms with E-state index in [0.29, 0.717) is 5.92 Å². The Morgan fingerprint density at radius 3 is 2.54 bits per heavy atom. The molecule has 126 valence electrons. The Morgan fingerprint density at radius 1 is 1.17 bits per heavy atom. The molecular weight excluding hydrogens is 314 g/mol. The normalized spacial score (nSPS) is 15.4. The highest BCUT2D eigenvalue weighted by Gasteiger charge is 2.22. The number of nitrogens with one attached hydrogen (secondary N) is 1. The molecule has 1 aromatic carbocycles. The van der Waals surface area contributed by atoms with Crippen LogP contribution in [0.25, 0.3) is 0 Å². The van der Waals surface area contributed by atoms with Crippen molar-refractivity contribution in [3.05, 3.63) is 47.7 Å². The third-order valence-electron chi connectivity index (χ3n) is 4.15. The first-order valence-corrected chi connectivity index (χ1v) is 7.88. The van der Waals surface area contributed by atoms with Gasteiger partial charge >= 0.3 is 0 Å². The fourth-order valence-corrected chi connectivity index (χ4v) is 2.62. The van der Waals surface area contributed by atoms with Crippen LogP contribution in [0.1, 0.15) is 30.3 Å². The summed E-state index contributed by atoms with van der Waals surface area (Å²) in [5.74, 6) is -0.601. The highest BCUT2D eigenvalue weighted by molar-refractivity contribution is 5.92. The first-order chi connectivity index (χ1) is 11.5. The summed E-state index contributed by atoms with van der Waals surface area (Å²) >= 11 is 0. The van der Waals surface area contributed by atoms with E-state index in [2.05, 4.69) is 22.4 Å². The Labute approximate surface area is 138 Å². The highest BCUT2D eigenvalue weighted by Crippen LogP contribution is 2.20. The second-order valence-corrected chi connectivity index (χ2v) is 6.03. The van der Waals surface area contributed by atoms with Crippen LogP contribution in [0.5, 0.6) is 0 Å². The van der Waals surface area contributed by atoms with Gasteiger partial charge in [0.1, 0.15) is 11.6 Å². The van der Waals surface area contributed by atoms with E-state index < -0.39 is 11.6 Å². The molecule has 24 heavy (non-hydrogen) atoms. The fourth-order valence-electron chi connectivity index (χ4n) is 2.62. The summed E-state index contributed by atoms with van der Waals surface area (Å²) in [6, 6.07) is 6.31. The monoisotopic (exact) mass is 332 g/mol. The molecule has 2 heterocycles. The maximum Gasteiger partial charge on any atom is 0.274 e. The lowest BCUT2D eigenvalue weighted by Gasteiger charge is -2.29. The minimum absolute atomic E-state index is 0.0924. The van der Waals surface area contributed by atoms with E-state index in [1.807, 2.05) is 0 Å². The van der Waals surface area contributed by atoms with Gasteiger partial charge in [-0.1, -0.05) is 6.92 Å². The average molecular weight is 332 g/mol. The summed E-state index contributed by atoms with van der Waals surface area (Å²) in [6.45, 7) is 3.63. The molecule has 0 atom stereocenters. The number of hydrogen-bond donors (Lipinski definition) is 1. The molecule has 1 fully saturated rings. The van der Waals surface area contributed by atoms with E-state index in [4.69, 9.17) is 0 Å². The SMILES string of the molecule is CC1CCN(C(=O)c2ccc(Nc3ccc(F)cc3F)nn2)CC1. The van der Waals surface area contributed by atoms with Gasteiger partial charge in [0.25, 0.3) is 5.91 Å². The molecule has 5 nitrogen and oxygen atoms in total. The minimum Gasteiger partial charge on any atom is -0.337 e. The van der Waals surface area contributed by atoms with Crippen LogP contribution in [0, 0.1) is 17.6 Å². The number of carbonyl (C=O) groups excluding carboxylic acids is 1. The number of halogens is 2. The molecule has 1 aromatic heterocycles. The maximum atomic E-state index is 13.6. The molecule has 1 aliphatic heterocycles. The zero-order valence-corrected chi connectivity index (χ0v) is 13.3. The second kappa shape index (κ2) is 6.90. The molecule has 3 rings (SSSR count). The van der Waals surface area contributed by atoms with Gasteiger partial charge < -0.3 is 10.2 Å². The number of amides is 1. The Morgan fingerprint density at radius 2 is 1.92 bits per heavy atom. The number of piperidine rings is 1. The standard InChI is InChI=1S/C17H18F2N4O/c1-11-6-8-23(9-7-11)17(24)15-4-5-16(22-21-15)20-14-3-2-12(18)10-13(14)19/h2-5,10-11H,6-9H2,1H3,(H,20,22). The third kappa shape index (κ3) is 3.67. The summed E-state index contributed by atoms with van der Waals surface area (Å²) in [6.07, 6.45) is 1.98. The largest absolute Gasteiger partial charge is 0.337 e. The topological polar surface area (TPSA) is 58.1 Å². The molecule has 0 saturated carbocycles. The zero-order chi connectivity index (χ0) is 17.1. The number of rotatable bonds is 3. The lowest BCUT2D eigenvalue weighted by molar-refractivity contribution is 0.0690. The van der Waals surface area contributed by atoms with Crippen LogP contribution < -0.4 is 5.32 Å². The van der Waals surface area contributed by atoms with Crippen LogP contribution >= 0.6 is 0 Å². The predicted octanol–water partition coefficient (Wildman–Crippen LogP) is 3.37. The van der Waals surface area contributed by atoms with Crippen molar-refractivity contribution in [1.82, 2.24) is 15.1 Å². The summed E-state index contributed by atoms with van der Waals surface area (Å²) in [4.78, 5) is 14.1. The Kier molecular flexibility index (Phi) is 4.69. The first kappa shape index (κ1) is 16.3. The van der Waals surface area contributed by atoms with Crippen LogP contribution in [0.3, 0.4) is 0 Å². The molecular formula is C17H18F2N4O. The first-order valence-electron chi connectivity index (χ1n) is 7.88. The van der Waals surface area contributed by atoms with Gasteiger partial charge in [-0.3, -0.25) is 4.79 Å². The van der Waals surface area contributed by atoms with Gasteiger partial charge in [-0.05, 0) is 43.0 Å². The molecule has 2 aromatic rings. The quantitative estimate of drug-likeness (QED) is 0.936. The van der Waals surface area contributed by atoms with Crippen LogP contribution in [0.2, 0.25) is 0 Å². The lowest BCUT2D eigenvalue weighted by atomic mass is 9.99. The molecule has 1 aliphatic rings. The van der Waals surface area contributed by atoms with Gasteiger partial charge in [-0.25, -0.2) is 8.78 Å². The molecule has 0 unspecified atom stereocenters. The Bertz CT molecular complexity index is 728. The summed E-state index contributed by atoms with van der Waals surface area (Å²) in [7, 11) is 0. The Hall–Kier alpha value is -2.57. The molecule has 1 N–H and O–H groups in total. The average Bonchev–Trinajstić information content (AvgIpc) is 2.58. The van der Waals surface area contributed by atoms with Crippen molar-refractivity contribution in [3.63, 3.8) is 0 Å². The number of anilines is 2. The Balaban J connectivity index is 1.68. The number of carbonyl (C=O) groups is 1. The van der Waals surface area contributed by atoms with Crippen LogP contribution in [0.4, 0.5) is 20.3 Å². The van der Waals surface area contributed by atoms with Crippen LogP contribution in [-0.4, -0.2) is 34.1 Å². The van der Waals surface area contributed by atoms with E-state index in [-0.39, 0.29) is 23.1 Å². The number of benzene rings is 1.